The second-order valence-corrected chi connectivity index (χ2v) is 7.21. The number of fused-ring (bicyclic) bond motifs is 1. The first-order valence-corrected chi connectivity index (χ1v) is 9.05. The van der Waals surface area contributed by atoms with E-state index in [4.69, 9.17) is 9.47 Å². The Labute approximate surface area is 143 Å². The molecule has 0 radical (unpaired) electrons. The molecule has 3 aliphatic heterocycles. The van der Waals surface area contributed by atoms with Gasteiger partial charge in [-0.05, 0) is 23.1 Å². The largest absolute Gasteiger partial charge is 0.493 e. The summed E-state index contributed by atoms with van der Waals surface area (Å²) in [6.07, 6.45) is 1.45. The zero-order chi connectivity index (χ0) is 16.5. The highest BCUT2D eigenvalue weighted by Crippen LogP contribution is 2.27. The molecule has 0 N–H and O–H groups in total. The first kappa shape index (κ1) is 15.9. The fourth-order valence-electron chi connectivity index (χ4n) is 4.17. The van der Waals surface area contributed by atoms with Gasteiger partial charge in [0.1, 0.15) is 5.75 Å². The number of carbonyl (C=O) groups excluding carboxylic acids is 1. The molecular weight excluding hydrogens is 304 g/mol. The molecule has 0 spiro atoms. The lowest BCUT2D eigenvalue weighted by molar-refractivity contribution is -0.129. The van der Waals surface area contributed by atoms with Crippen LogP contribution in [0.4, 0.5) is 0 Å². The number of amides is 1. The van der Waals surface area contributed by atoms with Gasteiger partial charge in [-0.3, -0.25) is 9.69 Å². The quantitative estimate of drug-likeness (QED) is 0.839. The fraction of sp³-hybridized carbons (Fsp3) is 0.632. The van der Waals surface area contributed by atoms with Crippen LogP contribution in [0.15, 0.2) is 18.2 Å². The molecule has 2 fully saturated rings. The number of carbonyl (C=O) groups is 1. The second-order valence-electron chi connectivity index (χ2n) is 7.21. The van der Waals surface area contributed by atoms with Crippen LogP contribution in [0.1, 0.15) is 18.1 Å². The van der Waals surface area contributed by atoms with Gasteiger partial charge in [-0.25, -0.2) is 0 Å². The minimum Gasteiger partial charge on any atom is -0.493 e. The fourth-order valence-corrected chi connectivity index (χ4v) is 4.17. The number of hydrogen-bond acceptors (Lipinski definition) is 4. The predicted molar refractivity (Wildman–Crippen MR) is 91.3 cm³/mol. The van der Waals surface area contributed by atoms with Crippen LogP contribution in [0.3, 0.4) is 0 Å². The van der Waals surface area contributed by atoms with Crippen LogP contribution in [-0.2, 0) is 22.4 Å². The SMILES string of the molecule is C[C@@H]1CN(C(=O)Cc2ccc3c(c2)CCO3)C[C@H]1N1CCOCC1. The molecule has 0 aromatic heterocycles. The van der Waals surface area contributed by atoms with E-state index in [1.165, 1.54) is 5.56 Å². The van der Waals surface area contributed by atoms with Crippen molar-refractivity contribution in [2.75, 3.05) is 46.0 Å². The van der Waals surface area contributed by atoms with E-state index in [2.05, 4.69) is 22.8 Å². The first-order chi connectivity index (χ1) is 11.7. The van der Waals surface area contributed by atoms with Gasteiger partial charge in [-0.1, -0.05) is 19.1 Å². The molecule has 0 aliphatic carbocycles. The molecular formula is C19H26N2O3. The molecule has 0 saturated carbocycles. The Bertz CT molecular complexity index is 613. The first-order valence-electron chi connectivity index (χ1n) is 9.05. The lowest BCUT2D eigenvalue weighted by atomic mass is 10.0. The minimum atomic E-state index is 0.247. The van der Waals surface area contributed by atoms with Gasteiger partial charge in [-0.2, -0.15) is 0 Å². The number of benzene rings is 1. The van der Waals surface area contributed by atoms with Crippen LogP contribution in [0.5, 0.6) is 5.75 Å². The number of ether oxygens (including phenoxy) is 2. The van der Waals surface area contributed by atoms with E-state index in [-0.39, 0.29) is 5.91 Å². The molecule has 5 heteroatoms. The molecule has 0 unspecified atom stereocenters. The maximum Gasteiger partial charge on any atom is 0.227 e. The van der Waals surface area contributed by atoms with Crippen LogP contribution in [0.2, 0.25) is 0 Å². The molecule has 2 saturated heterocycles. The Balaban J connectivity index is 1.38. The van der Waals surface area contributed by atoms with Crippen LogP contribution >= 0.6 is 0 Å². The zero-order valence-electron chi connectivity index (χ0n) is 14.4. The topological polar surface area (TPSA) is 42.0 Å². The van der Waals surface area contributed by atoms with Crippen molar-refractivity contribution in [3.8, 4) is 5.75 Å². The molecule has 24 heavy (non-hydrogen) atoms. The Kier molecular flexibility index (Phi) is 4.46. The summed E-state index contributed by atoms with van der Waals surface area (Å²) in [6, 6.07) is 6.65. The Morgan fingerprint density at radius 1 is 1.21 bits per heavy atom. The van der Waals surface area contributed by atoms with E-state index in [0.717, 1.165) is 63.7 Å². The van der Waals surface area contributed by atoms with Crippen molar-refractivity contribution in [3.05, 3.63) is 29.3 Å². The van der Waals surface area contributed by atoms with Gasteiger partial charge in [0.15, 0.2) is 0 Å². The molecule has 130 valence electrons. The van der Waals surface area contributed by atoms with Crippen LogP contribution in [-0.4, -0.2) is 67.7 Å². The van der Waals surface area contributed by atoms with Crippen molar-refractivity contribution < 1.29 is 14.3 Å². The number of nitrogens with zero attached hydrogens (tertiary/aromatic N) is 2. The van der Waals surface area contributed by atoms with E-state index in [0.29, 0.717) is 18.4 Å². The maximum absolute atomic E-state index is 12.7. The monoisotopic (exact) mass is 330 g/mol. The molecule has 5 nitrogen and oxygen atoms in total. The summed E-state index contributed by atoms with van der Waals surface area (Å²) in [5, 5.41) is 0. The van der Waals surface area contributed by atoms with Crippen molar-refractivity contribution in [1.82, 2.24) is 9.80 Å². The Hall–Kier alpha value is -1.59. The van der Waals surface area contributed by atoms with Gasteiger partial charge in [0.05, 0.1) is 26.2 Å². The van der Waals surface area contributed by atoms with Crippen molar-refractivity contribution in [2.24, 2.45) is 5.92 Å². The second kappa shape index (κ2) is 6.73. The third-order valence-electron chi connectivity index (χ3n) is 5.55. The molecule has 4 rings (SSSR count). The highest BCUT2D eigenvalue weighted by Gasteiger charge is 2.36. The number of morpholine rings is 1. The van der Waals surface area contributed by atoms with Crippen LogP contribution in [0.25, 0.3) is 0 Å². The molecule has 3 aliphatic rings. The van der Waals surface area contributed by atoms with Gasteiger partial charge >= 0.3 is 0 Å². The molecule has 1 amide bonds. The summed E-state index contributed by atoms with van der Waals surface area (Å²) in [5.74, 6) is 1.75. The van der Waals surface area contributed by atoms with Gasteiger partial charge in [0, 0.05) is 38.6 Å². The average molecular weight is 330 g/mol. The molecule has 1 aromatic rings. The number of hydrogen-bond donors (Lipinski definition) is 0. The minimum absolute atomic E-state index is 0.247. The van der Waals surface area contributed by atoms with Crippen LogP contribution in [0, 0.1) is 5.92 Å². The number of likely N-dealkylation sites (tertiary alicyclic amines) is 1. The van der Waals surface area contributed by atoms with Crippen molar-refractivity contribution in [2.45, 2.75) is 25.8 Å². The summed E-state index contributed by atoms with van der Waals surface area (Å²) in [7, 11) is 0. The third kappa shape index (κ3) is 3.15. The van der Waals surface area contributed by atoms with Crippen molar-refractivity contribution in [1.29, 1.82) is 0 Å². The third-order valence-corrected chi connectivity index (χ3v) is 5.55. The Morgan fingerprint density at radius 2 is 2.04 bits per heavy atom. The average Bonchev–Trinajstić information content (AvgIpc) is 3.21. The number of rotatable bonds is 3. The van der Waals surface area contributed by atoms with E-state index in [1.54, 1.807) is 0 Å². The highest BCUT2D eigenvalue weighted by molar-refractivity contribution is 5.79. The van der Waals surface area contributed by atoms with E-state index >= 15 is 0 Å². The van der Waals surface area contributed by atoms with Gasteiger partial charge in [-0.15, -0.1) is 0 Å². The molecule has 0 bridgehead atoms. The van der Waals surface area contributed by atoms with Gasteiger partial charge in [0.2, 0.25) is 5.91 Å². The summed E-state index contributed by atoms with van der Waals surface area (Å²) in [5.41, 5.74) is 2.34. The summed E-state index contributed by atoms with van der Waals surface area (Å²) in [6.45, 7) is 8.35. The molecule has 1 aromatic carbocycles. The highest BCUT2D eigenvalue weighted by atomic mass is 16.5. The standard InChI is InChI=1S/C19H26N2O3/c1-14-12-21(13-17(14)20-5-8-23-9-6-20)19(22)11-15-2-3-18-16(10-15)4-7-24-18/h2-3,10,14,17H,4-9,11-13H2,1H3/t14-,17-/m1/s1. The van der Waals surface area contributed by atoms with E-state index in [1.807, 2.05) is 12.1 Å². The lowest BCUT2D eigenvalue weighted by Crippen LogP contribution is -2.47. The zero-order valence-corrected chi connectivity index (χ0v) is 14.4. The smallest absolute Gasteiger partial charge is 0.227 e. The molecule has 2 atom stereocenters. The summed E-state index contributed by atoms with van der Waals surface area (Å²) in [4.78, 5) is 17.3. The van der Waals surface area contributed by atoms with Gasteiger partial charge in [0.25, 0.3) is 0 Å². The Morgan fingerprint density at radius 3 is 2.88 bits per heavy atom. The van der Waals surface area contributed by atoms with Crippen molar-refractivity contribution >= 4 is 5.91 Å². The van der Waals surface area contributed by atoms with Crippen molar-refractivity contribution in [3.63, 3.8) is 0 Å². The van der Waals surface area contributed by atoms with E-state index in [9.17, 15) is 4.79 Å². The van der Waals surface area contributed by atoms with E-state index < -0.39 is 0 Å². The lowest BCUT2D eigenvalue weighted by Gasteiger charge is -2.34. The summed E-state index contributed by atoms with van der Waals surface area (Å²) >= 11 is 0. The maximum atomic E-state index is 12.7. The predicted octanol–water partition coefficient (Wildman–Crippen LogP) is 1.34. The van der Waals surface area contributed by atoms with Crippen LogP contribution < -0.4 is 4.74 Å². The van der Waals surface area contributed by atoms with Gasteiger partial charge < -0.3 is 14.4 Å². The normalized spacial score (nSPS) is 27.1. The summed E-state index contributed by atoms with van der Waals surface area (Å²) < 4.78 is 11.0. The molecule has 3 heterocycles.